The molecular weight excluding hydrogens is 363 g/mol. The molecule has 3 heterocycles. The molecule has 0 saturated carbocycles. The van der Waals surface area contributed by atoms with Gasteiger partial charge in [-0.3, -0.25) is 4.79 Å². The first-order chi connectivity index (χ1) is 13.3. The van der Waals surface area contributed by atoms with E-state index in [1.807, 2.05) is 0 Å². The van der Waals surface area contributed by atoms with E-state index in [9.17, 15) is 9.18 Å². The highest BCUT2D eigenvalue weighted by Crippen LogP contribution is 2.30. The summed E-state index contributed by atoms with van der Waals surface area (Å²) in [5.41, 5.74) is 0.200. The number of ether oxygens (including phenoxy) is 2. The van der Waals surface area contributed by atoms with Gasteiger partial charge in [0.05, 0.1) is 17.7 Å². The molecule has 146 valence electrons. The summed E-state index contributed by atoms with van der Waals surface area (Å²) < 4.78 is 27.1. The first-order valence-electron chi connectivity index (χ1n) is 9.23. The lowest BCUT2D eigenvalue weighted by Gasteiger charge is -2.31. The van der Waals surface area contributed by atoms with Crippen molar-refractivity contribution >= 4 is 5.91 Å². The summed E-state index contributed by atoms with van der Waals surface area (Å²) in [6.07, 6.45) is 0.497. The number of halogens is 1. The summed E-state index contributed by atoms with van der Waals surface area (Å²) in [5.74, 6) is 0.793. The Morgan fingerprint density at radius 3 is 3.00 bits per heavy atom. The van der Waals surface area contributed by atoms with Crippen molar-refractivity contribution in [3.63, 3.8) is 0 Å². The number of hydrogen-bond donors (Lipinski definition) is 1. The van der Waals surface area contributed by atoms with Crippen LogP contribution in [0.25, 0.3) is 0 Å². The van der Waals surface area contributed by atoms with Gasteiger partial charge in [0.2, 0.25) is 5.88 Å². The summed E-state index contributed by atoms with van der Waals surface area (Å²) in [4.78, 5) is 12.6. The summed E-state index contributed by atoms with van der Waals surface area (Å²) in [5, 5.41) is 16.2. The number of hydrogen-bond acceptors (Lipinski definition) is 5. The monoisotopic (exact) mass is 384 g/mol. The number of benzene rings is 1. The van der Waals surface area contributed by atoms with E-state index in [1.165, 1.54) is 13.8 Å². The van der Waals surface area contributed by atoms with Gasteiger partial charge >= 0.3 is 0 Å². The van der Waals surface area contributed by atoms with Crippen LogP contribution >= 0.6 is 0 Å². The average molecular weight is 384 g/mol. The lowest BCUT2D eigenvalue weighted by atomic mass is 10.00. The van der Waals surface area contributed by atoms with Crippen molar-refractivity contribution in [2.75, 3.05) is 6.61 Å². The fourth-order valence-electron chi connectivity index (χ4n) is 3.51. The van der Waals surface area contributed by atoms with E-state index >= 15 is 0 Å². The summed E-state index contributed by atoms with van der Waals surface area (Å²) in [7, 11) is 0. The predicted octanol–water partition coefficient (Wildman–Crippen LogP) is 2.39. The first-order valence-corrected chi connectivity index (χ1v) is 9.23. The van der Waals surface area contributed by atoms with E-state index in [1.54, 1.807) is 28.9 Å². The molecule has 2 atom stereocenters. The van der Waals surface area contributed by atoms with Crippen molar-refractivity contribution in [3.05, 3.63) is 41.1 Å². The van der Waals surface area contributed by atoms with Crippen LogP contribution in [0.4, 0.5) is 4.39 Å². The van der Waals surface area contributed by atoms with Gasteiger partial charge in [0.25, 0.3) is 5.91 Å². The molecular formula is C20H21FN4O3. The Bertz CT molecular complexity index is 957. The zero-order valence-corrected chi connectivity index (χ0v) is 15.7. The predicted molar refractivity (Wildman–Crippen MR) is 98.1 cm³/mol. The molecule has 8 heteroatoms. The third-order valence-electron chi connectivity index (χ3n) is 5.04. The number of aromatic nitrogens is 2. The minimum absolute atomic E-state index is 0.226. The Kier molecular flexibility index (Phi) is 4.46. The number of fused-ring (bicyclic) bond motifs is 2. The Morgan fingerprint density at radius 1 is 1.43 bits per heavy atom. The van der Waals surface area contributed by atoms with E-state index < -0.39 is 11.8 Å². The van der Waals surface area contributed by atoms with Crippen LogP contribution in [0.2, 0.25) is 0 Å². The number of rotatable bonds is 3. The molecule has 0 aliphatic carbocycles. The number of carbonyl (C=O) groups excluding carboxylic acids is 1. The molecule has 1 unspecified atom stereocenters. The zero-order chi connectivity index (χ0) is 19.9. The van der Waals surface area contributed by atoms with Crippen molar-refractivity contribution in [1.29, 1.82) is 5.26 Å². The van der Waals surface area contributed by atoms with Crippen LogP contribution < -0.4 is 14.8 Å². The molecule has 1 amide bonds. The molecule has 0 bridgehead atoms. The molecule has 0 spiro atoms. The average Bonchev–Trinajstić information content (AvgIpc) is 3.10. The highest BCUT2D eigenvalue weighted by molar-refractivity contribution is 5.92. The van der Waals surface area contributed by atoms with Crippen LogP contribution in [0.1, 0.15) is 41.9 Å². The second kappa shape index (κ2) is 6.82. The van der Waals surface area contributed by atoms with E-state index in [4.69, 9.17) is 14.7 Å². The molecule has 0 saturated heterocycles. The third-order valence-corrected chi connectivity index (χ3v) is 5.04. The minimum atomic E-state index is -1.47. The molecule has 2 aliphatic heterocycles. The molecule has 28 heavy (non-hydrogen) atoms. The maximum absolute atomic E-state index is 14.2. The number of nitrogens with zero attached hydrogens (tertiary/aromatic N) is 3. The standard InChI is InChI=1S/C20H21FN4O3/c1-20(2,21)17-5-6-25-18(28-17)9-15(24-25)19(26)23-14-8-13-7-12(10-22)3-4-16(13)27-11-14/h3-4,7,9,14,17H,5-6,8,11H2,1-2H3,(H,23,26)/t14-,17?/m1/s1. The maximum Gasteiger partial charge on any atom is 0.272 e. The van der Waals surface area contributed by atoms with Crippen molar-refractivity contribution in [1.82, 2.24) is 15.1 Å². The Labute approximate surface area is 162 Å². The molecule has 2 aliphatic rings. The summed E-state index contributed by atoms with van der Waals surface area (Å²) >= 11 is 0. The second-order valence-electron chi connectivity index (χ2n) is 7.67. The van der Waals surface area contributed by atoms with Gasteiger partial charge in [-0.2, -0.15) is 10.4 Å². The molecule has 1 aromatic heterocycles. The number of amides is 1. The number of carbonyl (C=O) groups is 1. The lowest BCUT2D eigenvalue weighted by molar-refractivity contribution is 0.00504. The van der Waals surface area contributed by atoms with Crippen LogP contribution in [0.15, 0.2) is 24.3 Å². The molecule has 0 radical (unpaired) electrons. The van der Waals surface area contributed by atoms with E-state index in [2.05, 4.69) is 16.5 Å². The van der Waals surface area contributed by atoms with Gasteiger partial charge in [0.15, 0.2) is 5.69 Å². The Hall–Kier alpha value is -3.08. The Balaban J connectivity index is 1.44. The largest absolute Gasteiger partial charge is 0.491 e. The molecule has 1 aromatic carbocycles. The zero-order valence-electron chi connectivity index (χ0n) is 15.7. The summed E-state index contributed by atoms with van der Waals surface area (Å²) in [6.45, 7) is 3.80. The van der Waals surface area contributed by atoms with E-state index in [-0.39, 0.29) is 17.6 Å². The maximum atomic E-state index is 14.2. The van der Waals surface area contributed by atoms with E-state index in [0.29, 0.717) is 37.4 Å². The van der Waals surface area contributed by atoms with Gasteiger partial charge < -0.3 is 14.8 Å². The highest BCUT2D eigenvalue weighted by Gasteiger charge is 2.35. The van der Waals surface area contributed by atoms with Crippen molar-refractivity contribution in [2.45, 2.75) is 51.0 Å². The first kappa shape index (κ1) is 18.3. The van der Waals surface area contributed by atoms with Crippen LogP contribution in [-0.4, -0.2) is 40.1 Å². The third kappa shape index (κ3) is 3.52. The lowest BCUT2D eigenvalue weighted by Crippen LogP contribution is -2.43. The Morgan fingerprint density at radius 2 is 2.25 bits per heavy atom. The number of aryl methyl sites for hydroxylation is 1. The van der Waals surface area contributed by atoms with Crippen molar-refractivity contribution < 1.29 is 18.7 Å². The van der Waals surface area contributed by atoms with Crippen molar-refractivity contribution in [2.24, 2.45) is 0 Å². The normalized spacial score (nSPS) is 20.8. The van der Waals surface area contributed by atoms with Gasteiger partial charge in [-0.15, -0.1) is 0 Å². The highest BCUT2D eigenvalue weighted by atomic mass is 19.1. The number of nitriles is 1. The molecule has 1 N–H and O–H groups in total. The van der Waals surface area contributed by atoms with Gasteiger partial charge in [0, 0.05) is 19.0 Å². The van der Waals surface area contributed by atoms with E-state index in [0.717, 1.165) is 11.3 Å². The smallest absolute Gasteiger partial charge is 0.272 e. The van der Waals surface area contributed by atoms with Gasteiger partial charge in [0.1, 0.15) is 24.1 Å². The van der Waals surface area contributed by atoms with Crippen LogP contribution in [-0.2, 0) is 13.0 Å². The second-order valence-corrected chi connectivity index (χ2v) is 7.67. The molecule has 2 aromatic rings. The molecule has 4 rings (SSSR count). The topological polar surface area (TPSA) is 89.2 Å². The fourth-order valence-corrected chi connectivity index (χ4v) is 3.51. The van der Waals surface area contributed by atoms with Crippen molar-refractivity contribution in [3.8, 4) is 17.7 Å². The van der Waals surface area contributed by atoms with Crippen LogP contribution in [0.3, 0.4) is 0 Å². The quantitative estimate of drug-likeness (QED) is 0.878. The van der Waals surface area contributed by atoms with Gasteiger partial charge in [-0.25, -0.2) is 9.07 Å². The SMILES string of the molecule is CC(C)(F)C1CCn2nc(C(=O)N[C@H]3COc4ccc(C#N)cc4C3)cc2O1. The summed E-state index contributed by atoms with van der Waals surface area (Å²) in [6, 6.07) is 8.67. The van der Waals surface area contributed by atoms with Crippen LogP contribution in [0.5, 0.6) is 11.6 Å². The van der Waals surface area contributed by atoms with Gasteiger partial charge in [-0.1, -0.05) is 0 Å². The fraction of sp³-hybridized carbons (Fsp3) is 0.450. The minimum Gasteiger partial charge on any atom is -0.491 e. The molecule has 0 fully saturated rings. The number of alkyl halides is 1. The van der Waals surface area contributed by atoms with Crippen LogP contribution in [0, 0.1) is 11.3 Å². The van der Waals surface area contributed by atoms with Gasteiger partial charge in [-0.05, 0) is 44.0 Å². The molecule has 7 nitrogen and oxygen atoms in total. The number of nitrogens with one attached hydrogen (secondary N) is 1.